The van der Waals surface area contributed by atoms with Crippen LogP contribution in [0.15, 0.2) is 42.7 Å². The van der Waals surface area contributed by atoms with Gasteiger partial charge in [0, 0.05) is 44.4 Å². The van der Waals surface area contributed by atoms with Crippen LogP contribution in [0.4, 0.5) is 23.2 Å². The predicted octanol–water partition coefficient (Wildman–Crippen LogP) is 4.49. The summed E-state index contributed by atoms with van der Waals surface area (Å²) in [5.74, 6) is 0.416. The molecule has 2 aromatic carbocycles. The molecule has 1 saturated heterocycles. The standard InChI is InChI=1S/C25H25F4N5O/c1-15(6-23-31-30-14-32(23)2)17-4-3-5-19(9-17)34-13-21-20(24(34)35)7-16(8-22(21)25(27,28)29)10-33-11-18(26)12-33/h3-5,7-9,14-15,18H,6,10-13H2,1-2H3/t15-/m1/s1. The van der Waals surface area contributed by atoms with E-state index in [4.69, 9.17) is 0 Å². The van der Waals surface area contributed by atoms with Crippen LogP contribution in [0, 0.1) is 0 Å². The summed E-state index contributed by atoms with van der Waals surface area (Å²) in [5, 5.41) is 8.01. The lowest BCUT2D eigenvalue weighted by molar-refractivity contribution is -0.138. The van der Waals surface area contributed by atoms with E-state index in [1.165, 1.54) is 11.0 Å². The van der Waals surface area contributed by atoms with Gasteiger partial charge in [0.2, 0.25) is 0 Å². The molecular formula is C25H25F4N5O. The van der Waals surface area contributed by atoms with Crippen LogP contribution < -0.4 is 4.90 Å². The van der Waals surface area contributed by atoms with Gasteiger partial charge in [0.15, 0.2) is 0 Å². The Morgan fingerprint density at radius 2 is 1.94 bits per heavy atom. The quantitative estimate of drug-likeness (QED) is 0.481. The number of likely N-dealkylation sites (tertiary alicyclic amines) is 1. The third-order valence-electron chi connectivity index (χ3n) is 6.77. The van der Waals surface area contributed by atoms with E-state index in [2.05, 4.69) is 10.2 Å². The highest BCUT2D eigenvalue weighted by Crippen LogP contribution is 2.40. The Kier molecular flexibility index (Phi) is 5.86. The van der Waals surface area contributed by atoms with E-state index in [0.717, 1.165) is 17.5 Å². The van der Waals surface area contributed by atoms with Gasteiger partial charge in [0.25, 0.3) is 5.91 Å². The zero-order valence-electron chi connectivity index (χ0n) is 19.4. The third-order valence-corrected chi connectivity index (χ3v) is 6.77. The number of aryl methyl sites for hydroxylation is 1. The zero-order valence-corrected chi connectivity index (χ0v) is 19.4. The normalized spacial score (nSPS) is 17.5. The molecule has 35 heavy (non-hydrogen) atoms. The van der Waals surface area contributed by atoms with Gasteiger partial charge in [-0.05, 0) is 46.9 Å². The van der Waals surface area contributed by atoms with Crippen LogP contribution in [0.25, 0.3) is 0 Å². The summed E-state index contributed by atoms with van der Waals surface area (Å²) in [6.07, 6.45) is -3.29. The van der Waals surface area contributed by atoms with Crippen molar-refractivity contribution in [2.45, 2.75) is 44.7 Å². The maximum Gasteiger partial charge on any atom is 0.416 e. The number of fused-ring (bicyclic) bond motifs is 1. The lowest BCUT2D eigenvalue weighted by Gasteiger charge is -2.34. The number of benzene rings is 2. The van der Waals surface area contributed by atoms with Crippen LogP contribution in [-0.2, 0) is 32.7 Å². The molecule has 3 heterocycles. The molecule has 0 saturated carbocycles. The highest BCUT2D eigenvalue weighted by molar-refractivity contribution is 6.10. The van der Waals surface area contributed by atoms with Gasteiger partial charge in [0.05, 0.1) is 12.1 Å². The smallest absolute Gasteiger partial charge is 0.321 e. The zero-order chi connectivity index (χ0) is 24.9. The summed E-state index contributed by atoms with van der Waals surface area (Å²) in [5.41, 5.74) is 1.10. The molecule has 0 aliphatic carbocycles. The molecule has 0 spiro atoms. The first kappa shape index (κ1) is 23.5. The van der Waals surface area contributed by atoms with Crippen LogP contribution in [0.3, 0.4) is 0 Å². The average molecular weight is 488 g/mol. The minimum Gasteiger partial charge on any atom is -0.321 e. The largest absolute Gasteiger partial charge is 0.416 e. The van der Waals surface area contributed by atoms with E-state index in [1.54, 1.807) is 17.3 Å². The lowest BCUT2D eigenvalue weighted by atomic mass is 9.97. The molecular weight excluding hydrogens is 462 g/mol. The summed E-state index contributed by atoms with van der Waals surface area (Å²) in [7, 11) is 1.86. The minimum atomic E-state index is -4.60. The minimum absolute atomic E-state index is 0.0178. The van der Waals surface area contributed by atoms with Gasteiger partial charge in [-0.25, -0.2) is 4.39 Å². The monoisotopic (exact) mass is 487 g/mol. The van der Waals surface area contributed by atoms with E-state index >= 15 is 0 Å². The highest BCUT2D eigenvalue weighted by atomic mass is 19.4. The number of amides is 1. The first-order valence-corrected chi connectivity index (χ1v) is 11.4. The summed E-state index contributed by atoms with van der Waals surface area (Å²) >= 11 is 0. The summed E-state index contributed by atoms with van der Waals surface area (Å²) in [4.78, 5) is 16.4. The van der Waals surface area contributed by atoms with Crippen LogP contribution in [-0.4, -0.2) is 44.8 Å². The molecule has 184 valence electrons. The van der Waals surface area contributed by atoms with Crippen molar-refractivity contribution in [3.63, 3.8) is 0 Å². The van der Waals surface area contributed by atoms with Crippen LogP contribution in [0.2, 0.25) is 0 Å². The van der Waals surface area contributed by atoms with Crippen LogP contribution in [0.1, 0.15) is 51.3 Å². The van der Waals surface area contributed by atoms with Crippen molar-refractivity contribution in [2.75, 3.05) is 18.0 Å². The maximum atomic E-state index is 13.9. The average Bonchev–Trinajstić information content (AvgIpc) is 3.34. The number of alkyl halides is 4. The number of aromatic nitrogens is 3. The van der Waals surface area contributed by atoms with E-state index < -0.39 is 23.8 Å². The molecule has 10 heteroatoms. The second kappa shape index (κ2) is 8.75. The second-order valence-electron chi connectivity index (χ2n) is 9.41. The molecule has 2 aliphatic rings. The Morgan fingerprint density at radius 1 is 1.17 bits per heavy atom. The first-order chi connectivity index (χ1) is 16.6. The number of anilines is 1. The van der Waals surface area contributed by atoms with E-state index in [0.29, 0.717) is 17.7 Å². The molecule has 5 rings (SSSR count). The molecule has 3 aromatic rings. The van der Waals surface area contributed by atoms with Gasteiger partial charge < -0.3 is 9.47 Å². The highest BCUT2D eigenvalue weighted by Gasteiger charge is 2.41. The van der Waals surface area contributed by atoms with Gasteiger partial charge in [0.1, 0.15) is 18.3 Å². The summed E-state index contributed by atoms with van der Waals surface area (Å²) < 4.78 is 56.8. The fraction of sp³-hybridized carbons (Fsp3) is 0.400. The van der Waals surface area contributed by atoms with Gasteiger partial charge in [-0.15, -0.1) is 10.2 Å². The molecule has 0 radical (unpaired) electrons. The van der Waals surface area contributed by atoms with Crippen molar-refractivity contribution in [1.82, 2.24) is 19.7 Å². The Bertz CT molecular complexity index is 1260. The fourth-order valence-electron chi connectivity index (χ4n) is 4.80. The number of rotatable bonds is 6. The fourth-order valence-corrected chi connectivity index (χ4v) is 4.80. The second-order valence-corrected chi connectivity index (χ2v) is 9.41. The Hall–Kier alpha value is -3.27. The molecule has 6 nitrogen and oxygen atoms in total. The van der Waals surface area contributed by atoms with Gasteiger partial charge in [-0.1, -0.05) is 19.1 Å². The van der Waals surface area contributed by atoms with Crippen LogP contribution >= 0.6 is 0 Å². The van der Waals surface area contributed by atoms with Crippen molar-refractivity contribution in [3.8, 4) is 0 Å². The number of carbonyl (C=O) groups is 1. The number of hydrogen-bond acceptors (Lipinski definition) is 4. The molecule has 2 aliphatic heterocycles. The summed E-state index contributed by atoms with van der Waals surface area (Å²) in [6.45, 7) is 2.44. The van der Waals surface area contributed by atoms with Crippen molar-refractivity contribution >= 4 is 11.6 Å². The molecule has 1 amide bonds. The van der Waals surface area contributed by atoms with E-state index in [9.17, 15) is 22.4 Å². The molecule has 0 N–H and O–H groups in total. The number of hydrogen-bond donors (Lipinski definition) is 0. The summed E-state index contributed by atoms with van der Waals surface area (Å²) in [6, 6.07) is 9.95. The van der Waals surface area contributed by atoms with Crippen molar-refractivity contribution in [1.29, 1.82) is 0 Å². The maximum absolute atomic E-state index is 13.9. The van der Waals surface area contributed by atoms with Gasteiger partial charge in [-0.3, -0.25) is 9.69 Å². The van der Waals surface area contributed by atoms with Gasteiger partial charge >= 0.3 is 6.18 Å². The SMILES string of the molecule is C[C@H](Cc1nncn1C)c1cccc(N2Cc3c(cc(CN4CC(F)C4)cc3C(F)(F)F)C2=O)c1. The molecule has 1 fully saturated rings. The van der Waals surface area contributed by atoms with E-state index in [-0.39, 0.29) is 43.2 Å². The van der Waals surface area contributed by atoms with Gasteiger partial charge in [-0.2, -0.15) is 13.2 Å². The lowest BCUT2D eigenvalue weighted by Crippen LogP contribution is -2.47. The van der Waals surface area contributed by atoms with Crippen molar-refractivity contribution in [2.24, 2.45) is 7.05 Å². The number of carbonyl (C=O) groups excluding carboxylic acids is 1. The first-order valence-electron chi connectivity index (χ1n) is 11.4. The molecule has 0 bridgehead atoms. The molecule has 0 unspecified atom stereocenters. The third kappa shape index (κ3) is 4.54. The topological polar surface area (TPSA) is 54.3 Å². The predicted molar refractivity (Wildman–Crippen MR) is 122 cm³/mol. The Balaban J connectivity index is 1.43. The van der Waals surface area contributed by atoms with Crippen molar-refractivity contribution in [3.05, 3.63) is 76.4 Å². The Labute approximate surface area is 200 Å². The number of halogens is 4. The molecule has 1 atom stereocenters. The van der Waals surface area contributed by atoms with Crippen molar-refractivity contribution < 1.29 is 22.4 Å². The number of nitrogens with zero attached hydrogens (tertiary/aromatic N) is 5. The Morgan fingerprint density at radius 3 is 2.60 bits per heavy atom. The molecule has 1 aromatic heterocycles. The van der Waals surface area contributed by atoms with Crippen LogP contribution in [0.5, 0.6) is 0 Å². The van der Waals surface area contributed by atoms with E-state index in [1.807, 2.05) is 36.7 Å².